The fraction of sp³-hybridized carbons (Fsp3) is 0.143. The lowest BCUT2D eigenvalue weighted by atomic mass is 10.1. The summed E-state index contributed by atoms with van der Waals surface area (Å²) in [7, 11) is 0. The first-order valence-corrected chi connectivity index (χ1v) is 5.79. The third-order valence-electron chi connectivity index (χ3n) is 3.08. The molecule has 0 N–H and O–H groups in total. The Morgan fingerprint density at radius 3 is 2.56 bits per heavy atom. The Morgan fingerprint density at radius 2 is 1.78 bits per heavy atom. The number of fused-ring (bicyclic) bond motifs is 1. The quantitative estimate of drug-likeness (QED) is 0.756. The molecule has 1 heterocycles. The molecule has 3 rings (SSSR count). The van der Waals surface area contributed by atoms with Crippen LogP contribution in [-0.2, 0) is 0 Å². The summed E-state index contributed by atoms with van der Waals surface area (Å²) >= 11 is 0. The van der Waals surface area contributed by atoms with Crippen molar-refractivity contribution < 1.29 is 4.74 Å². The molecule has 2 aromatic carbocycles. The van der Waals surface area contributed by atoms with E-state index in [9.17, 15) is 4.91 Å². The van der Waals surface area contributed by atoms with Gasteiger partial charge in [-0.2, -0.15) is 0 Å². The van der Waals surface area contributed by atoms with E-state index < -0.39 is 0 Å². The third-order valence-corrected chi connectivity index (χ3v) is 3.08. The molecule has 0 fully saturated rings. The molecule has 0 aliphatic carbocycles. The van der Waals surface area contributed by atoms with Gasteiger partial charge in [-0.05, 0) is 17.7 Å². The highest BCUT2D eigenvalue weighted by molar-refractivity contribution is 5.60. The molecule has 18 heavy (non-hydrogen) atoms. The van der Waals surface area contributed by atoms with Crippen LogP contribution in [0.25, 0.3) is 0 Å². The van der Waals surface area contributed by atoms with Gasteiger partial charge in [-0.1, -0.05) is 42.5 Å². The summed E-state index contributed by atoms with van der Waals surface area (Å²) in [5.41, 5.74) is 1.74. The molecule has 1 aliphatic heterocycles. The predicted molar refractivity (Wildman–Crippen MR) is 69.4 cm³/mol. The van der Waals surface area contributed by atoms with Crippen molar-refractivity contribution in [3.63, 3.8) is 0 Å². The Labute approximate surface area is 105 Å². The first-order chi connectivity index (χ1) is 8.90. The molecule has 0 aromatic heterocycles. The van der Waals surface area contributed by atoms with E-state index in [1.54, 1.807) is 0 Å². The fourth-order valence-electron chi connectivity index (χ4n) is 2.19. The monoisotopic (exact) mass is 240 g/mol. The second-order valence-corrected chi connectivity index (χ2v) is 4.13. The lowest BCUT2D eigenvalue weighted by Gasteiger charge is -2.32. The van der Waals surface area contributed by atoms with Crippen molar-refractivity contribution in [1.29, 1.82) is 0 Å². The number of nitroso groups, excluding NO2 is 1. The van der Waals surface area contributed by atoms with E-state index in [1.807, 2.05) is 54.6 Å². The summed E-state index contributed by atoms with van der Waals surface area (Å²) in [6, 6.07) is 17.0. The van der Waals surface area contributed by atoms with E-state index in [0.29, 0.717) is 18.0 Å². The van der Waals surface area contributed by atoms with Gasteiger partial charge in [-0.15, -0.1) is 4.91 Å². The van der Waals surface area contributed by atoms with Crippen molar-refractivity contribution in [3.05, 3.63) is 65.1 Å². The summed E-state index contributed by atoms with van der Waals surface area (Å²) in [6.45, 7) is 0.423. The lowest BCUT2D eigenvalue weighted by Crippen LogP contribution is -2.32. The number of nitrogens with zero attached hydrogens (tertiary/aromatic N) is 2. The number of hydrogen-bond acceptors (Lipinski definition) is 3. The summed E-state index contributed by atoms with van der Waals surface area (Å²) in [4.78, 5) is 11.1. The normalized spacial score (nSPS) is 17.8. The number of benzene rings is 2. The van der Waals surface area contributed by atoms with Gasteiger partial charge < -0.3 is 4.74 Å². The average molecular weight is 240 g/mol. The van der Waals surface area contributed by atoms with Crippen molar-refractivity contribution in [2.75, 3.05) is 11.6 Å². The molecule has 1 atom stereocenters. The maximum Gasteiger partial charge on any atom is 0.144 e. The Hall–Kier alpha value is -2.36. The molecule has 0 spiro atoms. The molecule has 1 unspecified atom stereocenters. The van der Waals surface area contributed by atoms with Crippen LogP contribution in [-0.4, -0.2) is 6.61 Å². The topological polar surface area (TPSA) is 41.9 Å². The molecule has 4 nitrogen and oxygen atoms in total. The van der Waals surface area contributed by atoms with Crippen molar-refractivity contribution >= 4 is 5.69 Å². The van der Waals surface area contributed by atoms with Crippen molar-refractivity contribution in [2.24, 2.45) is 5.29 Å². The van der Waals surface area contributed by atoms with Crippen LogP contribution in [0.1, 0.15) is 11.6 Å². The summed E-state index contributed by atoms with van der Waals surface area (Å²) in [5, 5.41) is 4.63. The van der Waals surface area contributed by atoms with E-state index in [4.69, 9.17) is 4.74 Å². The Morgan fingerprint density at radius 1 is 1.06 bits per heavy atom. The number of rotatable bonds is 2. The van der Waals surface area contributed by atoms with Crippen LogP contribution in [0.3, 0.4) is 0 Å². The minimum Gasteiger partial charge on any atom is -0.489 e. The Bertz CT molecular complexity index is 557. The second-order valence-electron chi connectivity index (χ2n) is 4.13. The molecule has 0 amide bonds. The smallest absolute Gasteiger partial charge is 0.144 e. The zero-order valence-electron chi connectivity index (χ0n) is 9.69. The van der Waals surface area contributed by atoms with Crippen LogP contribution >= 0.6 is 0 Å². The van der Waals surface area contributed by atoms with Gasteiger partial charge in [-0.3, -0.25) is 0 Å². The van der Waals surface area contributed by atoms with Crippen LogP contribution in [0.5, 0.6) is 5.75 Å². The van der Waals surface area contributed by atoms with Gasteiger partial charge in [-0.25, -0.2) is 5.01 Å². The molecule has 1 aliphatic rings. The number of para-hydroxylation sites is 2. The first-order valence-electron chi connectivity index (χ1n) is 5.79. The van der Waals surface area contributed by atoms with Gasteiger partial charge in [0.05, 0.1) is 5.29 Å². The molecule has 90 valence electrons. The number of hydrogen-bond donors (Lipinski definition) is 0. The largest absolute Gasteiger partial charge is 0.489 e. The van der Waals surface area contributed by atoms with Gasteiger partial charge in [0.1, 0.15) is 24.1 Å². The lowest BCUT2D eigenvalue weighted by molar-refractivity contribution is 0.264. The van der Waals surface area contributed by atoms with Crippen molar-refractivity contribution in [3.8, 4) is 5.75 Å². The van der Waals surface area contributed by atoms with Crippen molar-refractivity contribution in [2.45, 2.75) is 6.04 Å². The van der Waals surface area contributed by atoms with Gasteiger partial charge >= 0.3 is 0 Å². The molecule has 0 radical (unpaired) electrons. The standard InChI is InChI=1S/C14H12N2O2/c17-15-16-12-8-4-5-9-14(12)18-10-13(16)11-6-2-1-3-7-11/h1-9,13H,10H2. The highest BCUT2D eigenvalue weighted by atomic mass is 16.5. The number of ether oxygens (including phenoxy) is 1. The summed E-state index contributed by atoms with van der Waals surface area (Å²) < 4.78 is 5.68. The Balaban J connectivity index is 2.02. The molecule has 0 saturated carbocycles. The molecule has 2 aromatic rings. The zero-order chi connectivity index (χ0) is 12.4. The fourth-order valence-corrected chi connectivity index (χ4v) is 2.19. The zero-order valence-corrected chi connectivity index (χ0v) is 9.69. The van der Waals surface area contributed by atoms with E-state index in [-0.39, 0.29) is 6.04 Å². The molecule has 4 heteroatoms. The van der Waals surface area contributed by atoms with Crippen LogP contribution in [0, 0.1) is 4.91 Å². The first kappa shape index (κ1) is 10.8. The minimum atomic E-state index is -0.168. The number of anilines is 1. The van der Waals surface area contributed by atoms with Gasteiger partial charge in [0.15, 0.2) is 0 Å². The van der Waals surface area contributed by atoms with Gasteiger partial charge in [0, 0.05) is 0 Å². The van der Waals surface area contributed by atoms with Crippen LogP contribution in [0.4, 0.5) is 5.69 Å². The SMILES string of the molecule is O=NN1c2ccccc2OCC1c1ccccc1. The van der Waals surface area contributed by atoms with Crippen LogP contribution < -0.4 is 9.75 Å². The Kier molecular flexibility index (Phi) is 2.68. The van der Waals surface area contributed by atoms with Gasteiger partial charge in [0.25, 0.3) is 0 Å². The van der Waals surface area contributed by atoms with E-state index in [2.05, 4.69) is 5.29 Å². The molecule has 0 saturated heterocycles. The molecular weight excluding hydrogens is 228 g/mol. The van der Waals surface area contributed by atoms with E-state index >= 15 is 0 Å². The van der Waals surface area contributed by atoms with Crippen LogP contribution in [0.15, 0.2) is 59.9 Å². The van der Waals surface area contributed by atoms with Crippen LogP contribution in [0.2, 0.25) is 0 Å². The van der Waals surface area contributed by atoms with Crippen molar-refractivity contribution in [1.82, 2.24) is 0 Å². The molecular formula is C14H12N2O2. The maximum absolute atomic E-state index is 11.1. The highest BCUT2D eigenvalue weighted by Crippen LogP contribution is 2.39. The van der Waals surface area contributed by atoms with E-state index in [0.717, 1.165) is 5.56 Å². The second kappa shape index (κ2) is 4.49. The van der Waals surface area contributed by atoms with E-state index in [1.165, 1.54) is 5.01 Å². The minimum absolute atomic E-state index is 0.168. The maximum atomic E-state index is 11.1. The molecule has 0 bridgehead atoms. The summed E-state index contributed by atoms with van der Waals surface area (Å²) in [5.74, 6) is 0.698. The predicted octanol–water partition coefficient (Wildman–Crippen LogP) is 3.31. The highest BCUT2D eigenvalue weighted by Gasteiger charge is 2.29. The summed E-state index contributed by atoms with van der Waals surface area (Å²) in [6.07, 6.45) is 0. The van der Waals surface area contributed by atoms with Gasteiger partial charge in [0.2, 0.25) is 0 Å². The third kappa shape index (κ3) is 1.72. The average Bonchev–Trinajstić information content (AvgIpc) is 2.47.